The van der Waals surface area contributed by atoms with Crippen LogP contribution in [0.4, 0.5) is 5.69 Å². The van der Waals surface area contributed by atoms with Crippen molar-refractivity contribution in [3.8, 4) is 5.75 Å². The molecule has 4 aromatic rings. The zero-order chi connectivity index (χ0) is 19.7. The van der Waals surface area contributed by atoms with E-state index < -0.39 is 0 Å². The number of hydrogen-bond donors (Lipinski definition) is 1. The highest BCUT2D eigenvalue weighted by molar-refractivity contribution is 8.00. The Morgan fingerprint density at radius 2 is 2.07 bits per heavy atom. The number of halogens is 1. The van der Waals surface area contributed by atoms with E-state index in [1.54, 1.807) is 18.2 Å². The minimum atomic E-state index is -0.199. The topological polar surface area (TPSA) is 81.4 Å². The van der Waals surface area contributed by atoms with Crippen LogP contribution < -0.4 is 10.1 Å². The maximum Gasteiger partial charge on any atom is 0.234 e. The van der Waals surface area contributed by atoms with Crippen LogP contribution in [0, 0.1) is 6.92 Å². The van der Waals surface area contributed by atoms with Crippen molar-refractivity contribution in [1.29, 1.82) is 0 Å². The molecule has 142 valence electrons. The minimum absolute atomic E-state index is 0.155. The molecule has 2 heterocycles. The fourth-order valence-electron chi connectivity index (χ4n) is 2.89. The molecule has 1 N–H and O–H groups in total. The number of fused-ring (bicyclic) bond motifs is 3. The van der Waals surface area contributed by atoms with Crippen LogP contribution in [-0.2, 0) is 4.79 Å². The maximum absolute atomic E-state index is 12.5. The fraction of sp³-hybridized carbons (Fsp3) is 0.158. The predicted octanol–water partition coefficient (Wildman–Crippen LogP) is 3.98. The minimum Gasteiger partial charge on any atom is -0.495 e. The number of amides is 1. The summed E-state index contributed by atoms with van der Waals surface area (Å²) < 4.78 is 7.21. The van der Waals surface area contributed by atoms with Crippen LogP contribution in [0.25, 0.3) is 16.7 Å². The first-order chi connectivity index (χ1) is 13.6. The standard InChI is InChI=1S/C19H16ClN5O2S/c1-11-23-24-18-19(22-13-5-3-4-6-15(13)25(11)18)28-10-17(26)21-14-9-12(20)7-8-16(14)27-2/h3-9H,10H2,1-2H3,(H,21,26). The van der Waals surface area contributed by atoms with Gasteiger partial charge in [-0.2, -0.15) is 0 Å². The molecule has 0 unspecified atom stereocenters. The molecule has 0 radical (unpaired) electrons. The second-order valence-corrected chi connectivity index (χ2v) is 7.39. The van der Waals surface area contributed by atoms with Crippen molar-refractivity contribution < 1.29 is 9.53 Å². The van der Waals surface area contributed by atoms with Crippen molar-refractivity contribution in [3.63, 3.8) is 0 Å². The van der Waals surface area contributed by atoms with Crippen molar-refractivity contribution in [3.05, 3.63) is 53.3 Å². The molecule has 9 heteroatoms. The number of nitrogens with one attached hydrogen (secondary N) is 1. The van der Waals surface area contributed by atoms with Gasteiger partial charge in [-0.15, -0.1) is 10.2 Å². The van der Waals surface area contributed by atoms with Crippen LogP contribution in [0.1, 0.15) is 5.82 Å². The molecule has 2 aromatic heterocycles. The van der Waals surface area contributed by atoms with Gasteiger partial charge in [0, 0.05) is 5.02 Å². The molecule has 0 saturated heterocycles. The summed E-state index contributed by atoms with van der Waals surface area (Å²) in [7, 11) is 1.54. The number of methoxy groups -OCH3 is 1. The van der Waals surface area contributed by atoms with Gasteiger partial charge >= 0.3 is 0 Å². The smallest absolute Gasteiger partial charge is 0.234 e. The van der Waals surface area contributed by atoms with E-state index in [1.165, 1.54) is 18.9 Å². The number of aromatic nitrogens is 4. The summed E-state index contributed by atoms with van der Waals surface area (Å²) >= 11 is 7.32. The number of anilines is 1. The molecule has 0 aliphatic carbocycles. The van der Waals surface area contributed by atoms with Crippen LogP contribution in [0.5, 0.6) is 5.75 Å². The van der Waals surface area contributed by atoms with Gasteiger partial charge in [0.15, 0.2) is 5.65 Å². The number of nitrogens with zero attached hydrogens (tertiary/aromatic N) is 4. The molecule has 0 aliphatic rings. The van der Waals surface area contributed by atoms with Crippen LogP contribution in [-0.4, -0.2) is 38.4 Å². The van der Waals surface area contributed by atoms with Gasteiger partial charge in [0.2, 0.25) is 5.91 Å². The summed E-state index contributed by atoms with van der Waals surface area (Å²) in [4.78, 5) is 17.1. The molecule has 0 fully saturated rings. The number of aryl methyl sites for hydroxylation is 1. The molecule has 1 amide bonds. The largest absolute Gasteiger partial charge is 0.495 e. The Morgan fingerprint density at radius 3 is 2.89 bits per heavy atom. The zero-order valence-electron chi connectivity index (χ0n) is 15.1. The monoisotopic (exact) mass is 413 g/mol. The van der Waals surface area contributed by atoms with Gasteiger partial charge in [-0.25, -0.2) is 4.98 Å². The van der Waals surface area contributed by atoms with Gasteiger partial charge in [0.25, 0.3) is 0 Å². The van der Waals surface area contributed by atoms with E-state index in [0.717, 1.165) is 16.9 Å². The third kappa shape index (κ3) is 3.48. The van der Waals surface area contributed by atoms with Crippen molar-refractivity contribution in [2.75, 3.05) is 18.2 Å². The van der Waals surface area contributed by atoms with Crippen LogP contribution in [0.3, 0.4) is 0 Å². The molecule has 0 aliphatic heterocycles. The average molecular weight is 414 g/mol. The first kappa shape index (κ1) is 18.5. The highest BCUT2D eigenvalue weighted by atomic mass is 35.5. The van der Waals surface area contributed by atoms with Crippen molar-refractivity contribution >= 4 is 51.6 Å². The molecule has 0 spiro atoms. The lowest BCUT2D eigenvalue weighted by Gasteiger charge is -2.11. The van der Waals surface area contributed by atoms with Crippen molar-refractivity contribution in [1.82, 2.24) is 19.6 Å². The molecule has 2 aromatic carbocycles. The lowest BCUT2D eigenvalue weighted by Crippen LogP contribution is -2.15. The number of hydrogen-bond acceptors (Lipinski definition) is 6. The van der Waals surface area contributed by atoms with E-state index in [9.17, 15) is 4.79 Å². The highest BCUT2D eigenvalue weighted by Gasteiger charge is 2.15. The van der Waals surface area contributed by atoms with E-state index >= 15 is 0 Å². The maximum atomic E-state index is 12.5. The Kier molecular flexibility index (Phi) is 5.06. The SMILES string of the molecule is COc1ccc(Cl)cc1NC(=O)CSc1nc2ccccc2n2c(C)nnc12. The van der Waals surface area contributed by atoms with E-state index in [1.807, 2.05) is 35.6 Å². The molecular formula is C19H16ClN5O2S. The van der Waals surface area contributed by atoms with Crippen molar-refractivity contribution in [2.45, 2.75) is 11.9 Å². The predicted molar refractivity (Wildman–Crippen MR) is 110 cm³/mol. The van der Waals surface area contributed by atoms with Gasteiger partial charge in [-0.1, -0.05) is 35.5 Å². The lowest BCUT2D eigenvalue weighted by molar-refractivity contribution is -0.113. The summed E-state index contributed by atoms with van der Waals surface area (Å²) in [5.41, 5.74) is 2.90. The summed E-state index contributed by atoms with van der Waals surface area (Å²) in [6.45, 7) is 1.89. The van der Waals surface area contributed by atoms with Crippen molar-refractivity contribution in [2.24, 2.45) is 0 Å². The third-order valence-electron chi connectivity index (χ3n) is 4.14. The van der Waals surface area contributed by atoms with Gasteiger partial charge in [-0.05, 0) is 37.3 Å². The zero-order valence-corrected chi connectivity index (χ0v) is 16.7. The first-order valence-electron chi connectivity index (χ1n) is 8.43. The molecule has 4 rings (SSSR count). The number of benzene rings is 2. The van der Waals surface area contributed by atoms with Crippen LogP contribution in [0.2, 0.25) is 5.02 Å². The Bertz CT molecular complexity index is 1190. The number of thioether (sulfide) groups is 1. The first-order valence-corrected chi connectivity index (χ1v) is 9.80. The number of carbonyl (C=O) groups excluding carboxylic acids is 1. The van der Waals surface area contributed by atoms with Gasteiger partial charge in [-0.3, -0.25) is 9.20 Å². The van der Waals surface area contributed by atoms with Crippen LogP contribution in [0.15, 0.2) is 47.5 Å². The Balaban J connectivity index is 1.59. The Morgan fingerprint density at radius 1 is 1.25 bits per heavy atom. The van der Waals surface area contributed by atoms with Gasteiger partial charge in [0.1, 0.15) is 16.6 Å². The quantitative estimate of drug-likeness (QED) is 0.498. The molecule has 28 heavy (non-hydrogen) atoms. The number of para-hydroxylation sites is 2. The molecule has 0 bridgehead atoms. The molecule has 0 saturated carbocycles. The Labute approximate surface area is 170 Å². The number of carbonyl (C=O) groups is 1. The lowest BCUT2D eigenvalue weighted by atomic mass is 10.3. The fourth-order valence-corrected chi connectivity index (χ4v) is 3.83. The number of ether oxygens (including phenoxy) is 1. The van der Waals surface area contributed by atoms with E-state index in [4.69, 9.17) is 16.3 Å². The van der Waals surface area contributed by atoms with E-state index in [2.05, 4.69) is 20.5 Å². The normalized spacial score (nSPS) is 11.1. The van der Waals surface area contributed by atoms with Crippen LogP contribution >= 0.6 is 23.4 Å². The molecule has 0 atom stereocenters. The molecular weight excluding hydrogens is 398 g/mol. The molecule has 7 nitrogen and oxygen atoms in total. The average Bonchev–Trinajstić information content (AvgIpc) is 3.08. The van der Waals surface area contributed by atoms with E-state index in [-0.39, 0.29) is 11.7 Å². The second-order valence-electron chi connectivity index (χ2n) is 5.99. The third-order valence-corrected chi connectivity index (χ3v) is 5.33. The highest BCUT2D eigenvalue weighted by Crippen LogP contribution is 2.29. The summed E-state index contributed by atoms with van der Waals surface area (Å²) in [6.07, 6.45) is 0. The van der Waals surface area contributed by atoms with Gasteiger partial charge < -0.3 is 10.1 Å². The second kappa shape index (κ2) is 7.65. The van der Waals surface area contributed by atoms with Gasteiger partial charge in [0.05, 0.1) is 29.6 Å². The summed E-state index contributed by atoms with van der Waals surface area (Å²) in [6, 6.07) is 12.8. The number of rotatable bonds is 5. The summed E-state index contributed by atoms with van der Waals surface area (Å²) in [5.74, 6) is 1.27. The Hall–Kier alpha value is -2.84. The summed E-state index contributed by atoms with van der Waals surface area (Å²) in [5, 5.41) is 12.4. The van der Waals surface area contributed by atoms with E-state index in [0.29, 0.717) is 27.1 Å².